The van der Waals surface area contributed by atoms with E-state index >= 15 is 0 Å². The van der Waals surface area contributed by atoms with E-state index < -0.39 is 0 Å². The standard InChI is InChI=1S/C14H21N3/c1-10-4-3-5-14(15-10)17(2)13-8-11-6-7-12(9-13)16-11/h3-5,11-13,16H,6-9H2,1-2H3. The third-order valence-corrected chi connectivity index (χ3v) is 4.23. The van der Waals surface area contributed by atoms with E-state index in [2.05, 4.69) is 47.4 Å². The molecule has 0 aromatic carbocycles. The highest BCUT2D eigenvalue weighted by Gasteiger charge is 2.35. The van der Waals surface area contributed by atoms with E-state index in [-0.39, 0.29) is 0 Å². The number of nitrogens with one attached hydrogen (secondary N) is 1. The number of aromatic nitrogens is 1. The molecule has 3 heteroatoms. The number of aryl methyl sites for hydroxylation is 1. The van der Waals surface area contributed by atoms with Crippen LogP contribution < -0.4 is 10.2 Å². The van der Waals surface area contributed by atoms with Crippen molar-refractivity contribution in [1.29, 1.82) is 0 Å². The number of rotatable bonds is 2. The zero-order valence-electron chi connectivity index (χ0n) is 10.7. The average molecular weight is 231 g/mol. The smallest absolute Gasteiger partial charge is 0.128 e. The van der Waals surface area contributed by atoms with Crippen LogP contribution in [0, 0.1) is 6.92 Å². The second kappa shape index (κ2) is 4.30. The molecule has 2 fully saturated rings. The summed E-state index contributed by atoms with van der Waals surface area (Å²) >= 11 is 0. The molecule has 0 saturated carbocycles. The number of hydrogen-bond acceptors (Lipinski definition) is 3. The van der Waals surface area contributed by atoms with Gasteiger partial charge in [-0.25, -0.2) is 4.98 Å². The second-order valence-electron chi connectivity index (χ2n) is 5.51. The van der Waals surface area contributed by atoms with Crippen LogP contribution in [-0.4, -0.2) is 30.2 Å². The summed E-state index contributed by atoms with van der Waals surface area (Å²) in [4.78, 5) is 7.00. The molecule has 2 atom stereocenters. The van der Waals surface area contributed by atoms with E-state index in [0.717, 1.165) is 23.6 Å². The first-order valence-corrected chi connectivity index (χ1v) is 6.65. The van der Waals surface area contributed by atoms with Crippen molar-refractivity contribution in [2.75, 3.05) is 11.9 Å². The van der Waals surface area contributed by atoms with Gasteiger partial charge in [0, 0.05) is 30.9 Å². The van der Waals surface area contributed by atoms with Gasteiger partial charge >= 0.3 is 0 Å². The Hall–Kier alpha value is -1.09. The summed E-state index contributed by atoms with van der Waals surface area (Å²) in [6.07, 6.45) is 5.25. The van der Waals surface area contributed by atoms with Gasteiger partial charge in [-0.3, -0.25) is 0 Å². The molecule has 0 amide bonds. The quantitative estimate of drug-likeness (QED) is 0.845. The first-order valence-electron chi connectivity index (χ1n) is 6.65. The highest BCUT2D eigenvalue weighted by molar-refractivity contribution is 5.39. The normalized spacial score (nSPS) is 31.5. The van der Waals surface area contributed by atoms with Crippen LogP contribution in [0.4, 0.5) is 5.82 Å². The third kappa shape index (κ3) is 2.16. The number of anilines is 1. The van der Waals surface area contributed by atoms with Crippen LogP contribution >= 0.6 is 0 Å². The number of pyridine rings is 1. The van der Waals surface area contributed by atoms with Crippen molar-refractivity contribution in [2.24, 2.45) is 0 Å². The van der Waals surface area contributed by atoms with E-state index in [9.17, 15) is 0 Å². The van der Waals surface area contributed by atoms with Crippen LogP contribution in [0.25, 0.3) is 0 Å². The van der Waals surface area contributed by atoms with Gasteiger partial charge in [-0.2, -0.15) is 0 Å². The van der Waals surface area contributed by atoms with Crippen LogP contribution in [0.2, 0.25) is 0 Å². The maximum atomic E-state index is 4.62. The molecule has 92 valence electrons. The van der Waals surface area contributed by atoms with Gasteiger partial charge in [-0.15, -0.1) is 0 Å². The Labute approximate surface area is 103 Å². The Balaban J connectivity index is 1.76. The summed E-state index contributed by atoms with van der Waals surface area (Å²) in [5.74, 6) is 1.12. The molecule has 0 spiro atoms. The molecule has 1 aromatic rings. The minimum absolute atomic E-state index is 0.656. The fraction of sp³-hybridized carbons (Fsp3) is 0.643. The molecular weight excluding hydrogens is 210 g/mol. The lowest BCUT2D eigenvalue weighted by atomic mass is 9.98. The first kappa shape index (κ1) is 11.0. The minimum Gasteiger partial charge on any atom is -0.357 e. The molecule has 2 unspecified atom stereocenters. The van der Waals surface area contributed by atoms with Gasteiger partial charge in [0.15, 0.2) is 0 Å². The van der Waals surface area contributed by atoms with Crippen molar-refractivity contribution in [3.8, 4) is 0 Å². The van der Waals surface area contributed by atoms with Crippen molar-refractivity contribution >= 4 is 5.82 Å². The maximum Gasteiger partial charge on any atom is 0.128 e. The molecule has 3 heterocycles. The lowest BCUT2D eigenvalue weighted by Gasteiger charge is -2.36. The highest BCUT2D eigenvalue weighted by Crippen LogP contribution is 2.30. The van der Waals surface area contributed by atoms with Gasteiger partial charge in [0.05, 0.1) is 0 Å². The van der Waals surface area contributed by atoms with E-state index in [1.54, 1.807) is 0 Å². The molecular formula is C14H21N3. The molecule has 3 nitrogen and oxygen atoms in total. The lowest BCUT2D eigenvalue weighted by molar-refractivity contribution is 0.354. The first-order chi connectivity index (χ1) is 8.22. The number of hydrogen-bond donors (Lipinski definition) is 1. The van der Waals surface area contributed by atoms with E-state index in [4.69, 9.17) is 0 Å². The molecule has 2 saturated heterocycles. The Bertz CT molecular complexity index is 392. The number of fused-ring (bicyclic) bond motifs is 2. The Morgan fingerprint density at radius 1 is 1.24 bits per heavy atom. The molecule has 2 aliphatic rings. The number of nitrogens with zero attached hydrogens (tertiary/aromatic N) is 2. The zero-order valence-corrected chi connectivity index (χ0v) is 10.7. The van der Waals surface area contributed by atoms with Crippen LogP contribution in [-0.2, 0) is 0 Å². The monoisotopic (exact) mass is 231 g/mol. The predicted molar refractivity (Wildman–Crippen MR) is 70.3 cm³/mol. The molecule has 0 radical (unpaired) electrons. The number of piperidine rings is 1. The van der Waals surface area contributed by atoms with Crippen molar-refractivity contribution in [1.82, 2.24) is 10.3 Å². The molecule has 2 aliphatic heterocycles. The van der Waals surface area contributed by atoms with Crippen molar-refractivity contribution in [3.63, 3.8) is 0 Å². The Morgan fingerprint density at radius 2 is 1.94 bits per heavy atom. The largest absolute Gasteiger partial charge is 0.357 e. The Kier molecular flexibility index (Phi) is 2.79. The Morgan fingerprint density at radius 3 is 2.59 bits per heavy atom. The maximum absolute atomic E-state index is 4.62. The summed E-state index contributed by atoms with van der Waals surface area (Å²) in [7, 11) is 2.19. The molecule has 17 heavy (non-hydrogen) atoms. The summed E-state index contributed by atoms with van der Waals surface area (Å²) in [6, 6.07) is 8.42. The zero-order chi connectivity index (χ0) is 11.8. The van der Waals surface area contributed by atoms with Gasteiger partial charge < -0.3 is 10.2 Å². The van der Waals surface area contributed by atoms with Crippen LogP contribution in [0.1, 0.15) is 31.4 Å². The predicted octanol–water partition coefficient (Wildman–Crippen LogP) is 2.11. The van der Waals surface area contributed by atoms with Gasteiger partial charge in [-0.05, 0) is 44.7 Å². The van der Waals surface area contributed by atoms with Crippen LogP contribution in [0.3, 0.4) is 0 Å². The van der Waals surface area contributed by atoms with Crippen molar-refractivity contribution < 1.29 is 0 Å². The van der Waals surface area contributed by atoms with E-state index in [0.29, 0.717) is 6.04 Å². The fourth-order valence-electron chi connectivity index (χ4n) is 3.26. The third-order valence-electron chi connectivity index (χ3n) is 4.23. The van der Waals surface area contributed by atoms with Gasteiger partial charge in [0.1, 0.15) is 5.82 Å². The fourth-order valence-corrected chi connectivity index (χ4v) is 3.26. The van der Waals surface area contributed by atoms with E-state index in [1.165, 1.54) is 25.7 Å². The van der Waals surface area contributed by atoms with Gasteiger partial charge in [-0.1, -0.05) is 6.07 Å². The molecule has 3 rings (SSSR count). The minimum atomic E-state index is 0.656. The summed E-state index contributed by atoms with van der Waals surface area (Å²) < 4.78 is 0. The summed E-state index contributed by atoms with van der Waals surface area (Å²) in [6.45, 7) is 2.06. The van der Waals surface area contributed by atoms with Gasteiger partial charge in [0.25, 0.3) is 0 Å². The summed E-state index contributed by atoms with van der Waals surface area (Å²) in [5, 5.41) is 3.69. The van der Waals surface area contributed by atoms with Crippen molar-refractivity contribution in [3.05, 3.63) is 23.9 Å². The van der Waals surface area contributed by atoms with Crippen LogP contribution in [0.5, 0.6) is 0 Å². The topological polar surface area (TPSA) is 28.2 Å². The molecule has 1 N–H and O–H groups in total. The average Bonchev–Trinajstić information content (AvgIpc) is 2.67. The lowest BCUT2D eigenvalue weighted by Crippen LogP contribution is -2.47. The molecule has 0 aliphatic carbocycles. The highest BCUT2D eigenvalue weighted by atomic mass is 15.2. The van der Waals surface area contributed by atoms with Crippen LogP contribution in [0.15, 0.2) is 18.2 Å². The molecule has 2 bridgehead atoms. The second-order valence-corrected chi connectivity index (χ2v) is 5.51. The molecule has 1 aromatic heterocycles. The van der Waals surface area contributed by atoms with E-state index in [1.807, 2.05) is 0 Å². The van der Waals surface area contributed by atoms with Crippen molar-refractivity contribution in [2.45, 2.75) is 50.7 Å². The van der Waals surface area contributed by atoms with Gasteiger partial charge in [0.2, 0.25) is 0 Å². The SMILES string of the molecule is Cc1cccc(N(C)C2CC3CCC(C2)N3)n1. The summed E-state index contributed by atoms with van der Waals surface area (Å²) in [5.41, 5.74) is 1.10.